The molecule has 4 heteroatoms. The molecule has 0 saturated carbocycles. The van der Waals surface area contributed by atoms with Gasteiger partial charge in [0, 0.05) is 6.54 Å². The van der Waals surface area contributed by atoms with Crippen LogP contribution in [0.3, 0.4) is 0 Å². The lowest BCUT2D eigenvalue weighted by molar-refractivity contribution is -0.364. The van der Waals surface area contributed by atoms with E-state index >= 15 is 0 Å². The molecule has 0 bridgehead atoms. The third-order valence-corrected chi connectivity index (χ3v) is 4.35. The highest BCUT2D eigenvalue weighted by Gasteiger charge is 2.28. The van der Waals surface area contributed by atoms with Gasteiger partial charge in [0.05, 0.1) is 19.3 Å². The molecule has 1 amide bonds. The van der Waals surface area contributed by atoms with Crippen LogP contribution in [0.25, 0.3) is 0 Å². The van der Waals surface area contributed by atoms with Gasteiger partial charge < -0.3 is 5.32 Å². The van der Waals surface area contributed by atoms with Crippen molar-refractivity contribution < 1.29 is 9.78 Å². The molecule has 1 aliphatic rings. The van der Waals surface area contributed by atoms with Crippen molar-refractivity contribution in [2.24, 2.45) is 5.92 Å². The molecule has 2 N–H and O–H groups in total. The van der Waals surface area contributed by atoms with E-state index in [-0.39, 0.29) is 5.91 Å². The third kappa shape index (κ3) is 3.89. The summed E-state index contributed by atoms with van der Waals surface area (Å²) >= 11 is 0. The molecular weight excluding hydrogens is 286 g/mol. The number of aromatic amines is 1. The molecule has 0 spiro atoms. The summed E-state index contributed by atoms with van der Waals surface area (Å²) in [6.07, 6.45) is 4.33. The van der Waals surface area contributed by atoms with Crippen molar-refractivity contribution in [3.05, 3.63) is 59.8 Å². The summed E-state index contributed by atoms with van der Waals surface area (Å²) in [5, 5.41) is 3.02. The van der Waals surface area contributed by atoms with Crippen LogP contribution in [0.15, 0.2) is 48.7 Å². The number of carbonyl (C=O) groups is 1. The molecule has 2 heterocycles. The molecule has 1 aliphatic heterocycles. The SMILES string of the molecule is C[C@@H]1CCCN(c2[nH+]cccc2C(=O)NCc2ccccc2)C1. The summed E-state index contributed by atoms with van der Waals surface area (Å²) in [5.41, 5.74) is 1.83. The third-order valence-electron chi connectivity index (χ3n) is 4.35. The normalized spacial score (nSPS) is 17.8. The number of H-pyrrole nitrogens is 1. The molecule has 1 aromatic heterocycles. The average molecular weight is 310 g/mol. The second-order valence-electron chi connectivity index (χ2n) is 6.29. The highest BCUT2D eigenvalue weighted by molar-refractivity contribution is 5.98. The van der Waals surface area contributed by atoms with E-state index in [9.17, 15) is 4.79 Å². The molecule has 120 valence electrons. The van der Waals surface area contributed by atoms with E-state index in [0.717, 1.165) is 30.0 Å². The fourth-order valence-electron chi connectivity index (χ4n) is 3.14. The monoisotopic (exact) mass is 310 g/mol. The molecule has 1 saturated heterocycles. The Bertz CT molecular complexity index is 657. The lowest BCUT2D eigenvalue weighted by Gasteiger charge is -2.26. The zero-order valence-corrected chi connectivity index (χ0v) is 13.6. The number of nitrogens with zero attached hydrogens (tertiary/aromatic N) is 1. The van der Waals surface area contributed by atoms with Gasteiger partial charge in [0.15, 0.2) is 0 Å². The van der Waals surface area contributed by atoms with Crippen LogP contribution in [0, 0.1) is 5.92 Å². The highest BCUT2D eigenvalue weighted by Crippen LogP contribution is 2.22. The smallest absolute Gasteiger partial charge is 0.287 e. The maximum absolute atomic E-state index is 12.6. The number of piperidine rings is 1. The molecule has 1 atom stereocenters. The van der Waals surface area contributed by atoms with E-state index in [1.807, 2.05) is 48.7 Å². The topological polar surface area (TPSA) is 46.5 Å². The van der Waals surface area contributed by atoms with Crippen LogP contribution in [0.4, 0.5) is 5.82 Å². The quantitative estimate of drug-likeness (QED) is 0.944. The van der Waals surface area contributed by atoms with E-state index in [0.29, 0.717) is 12.5 Å². The minimum absolute atomic E-state index is 0.0288. The average Bonchev–Trinajstić information content (AvgIpc) is 2.60. The first-order chi connectivity index (χ1) is 11.2. The summed E-state index contributed by atoms with van der Waals surface area (Å²) in [6, 6.07) is 13.8. The molecule has 3 rings (SSSR count). The van der Waals surface area contributed by atoms with Gasteiger partial charge in [-0.1, -0.05) is 37.3 Å². The Morgan fingerprint density at radius 1 is 1.26 bits per heavy atom. The number of nitrogens with one attached hydrogen (secondary N) is 2. The molecule has 0 unspecified atom stereocenters. The minimum atomic E-state index is -0.0288. The van der Waals surface area contributed by atoms with Crippen molar-refractivity contribution in [2.75, 3.05) is 18.0 Å². The fraction of sp³-hybridized carbons (Fsp3) is 0.368. The Kier molecular flexibility index (Phi) is 4.91. The van der Waals surface area contributed by atoms with E-state index < -0.39 is 0 Å². The number of carbonyl (C=O) groups excluding carboxylic acids is 1. The molecule has 1 aromatic carbocycles. The maximum Gasteiger partial charge on any atom is 0.287 e. The Balaban J connectivity index is 1.73. The van der Waals surface area contributed by atoms with Crippen molar-refractivity contribution in [1.29, 1.82) is 0 Å². The van der Waals surface area contributed by atoms with Crippen molar-refractivity contribution in [3.63, 3.8) is 0 Å². The first-order valence-corrected chi connectivity index (χ1v) is 8.32. The molecule has 4 nitrogen and oxygen atoms in total. The number of anilines is 1. The lowest BCUT2D eigenvalue weighted by atomic mass is 10.00. The number of rotatable bonds is 4. The second-order valence-corrected chi connectivity index (χ2v) is 6.29. The van der Waals surface area contributed by atoms with Crippen LogP contribution < -0.4 is 15.2 Å². The summed E-state index contributed by atoms with van der Waals surface area (Å²) in [4.78, 5) is 18.2. The fourth-order valence-corrected chi connectivity index (χ4v) is 3.14. The van der Waals surface area contributed by atoms with Crippen molar-refractivity contribution in [3.8, 4) is 0 Å². The molecule has 1 fully saturated rings. The van der Waals surface area contributed by atoms with E-state index in [1.165, 1.54) is 12.8 Å². The first-order valence-electron chi connectivity index (χ1n) is 8.32. The van der Waals surface area contributed by atoms with Crippen LogP contribution in [0.5, 0.6) is 0 Å². The van der Waals surface area contributed by atoms with Crippen molar-refractivity contribution in [1.82, 2.24) is 5.32 Å². The lowest BCUT2D eigenvalue weighted by Crippen LogP contribution is -2.39. The Labute approximate surface area is 137 Å². The van der Waals surface area contributed by atoms with Crippen LogP contribution in [0.2, 0.25) is 0 Å². The number of amides is 1. The van der Waals surface area contributed by atoms with Gasteiger partial charge in [-0.05, 0) is 36.5 Å². The minimum Gasteiger partial charge on any atom is -0.348 e. The van der Waals surface area contributed by atoms with Gasteiger partial charge >= 0.3 is 0 Å². The van der Waals surface area contributed by atoms with Crippen LogP contribution in [-0.2, 0) is 6.54 Å². The van der Waals surface area contributed by atoms with Crippen LogP contribution >= 0.6 is 0 Å². The number of hydrogen-bond acceptors (Lipinski definition) is 2. The van der Waals surface area contributed by atoms with Crippen molar-refractivity contribution >= 4 is 11.7 Å². The number of hydrogen-bond donors (Lipinski definition) is 1. The predicted molar refractivity (Wildman–Crippen MR) is 91.2 cm³/mol. The number of pyridine rings is 1. The summed E-state index contributed by atoms with van der Waals surface area (Å²) in [6.45, 7) is 4.82. The van der Waals surface area contributed by atoms with Gasteiger partial charge in [-0.15, -0.1) is 0 Å². The highest BCUT2D eigenvalue weighted by atomic mass is 16.1. The summed E-state index contributed by atoms with van der Waals surface area (Å²) in [7, 11) is 0. The largest absolute Gasteiger partial charge is 0.348 e. The zero-order chi connectivity index (χ0) is 16.1. The van der Waals surface area contributed by atoms with Gasteiger partial charge in [0.2, 0.25) is 0 Å². The van der Waals surface area contributed by atoms with Gasteiger partial charge in [-0.25, -0.2) is 4.98 Å². The van der Waals surface area contributed by atoms with Crippen LogP contribution in [-0.4, -0.2) is 19.0 Å². The second kappa shape index (κ2) is 7.27. The Morgan fingerprint density at radius 3 is 2.87 bits per heavy atom. The van der Waals surface area contributed by atoms with E-state index in [1.54, 1.807) is 0 Å². The van der Waals surface area contributed by atoms with Gasteiger partial charge in [0.1, 0.15) is 5.56 Å². The molecular formula is C19H24N3O+. The number of aromatic nitrogens is 1. The van der Waals surface area contributed by atoms with E-state index in [4.69, 9.17) is 0 Å². The molecule has 0 radical (unpaired) electrons. The van der Waals surface area contributed by atoms with Gasteiger partial charge in [-0.3, -0.25) is 9.69 Å². The zero-order valence-electron chi connectivity index (χ0n) is 13.6. The predicted octanol–water partition coefficient (Wildman–Crippen LogP) is 2.67. The van der Waals surface area contributed by atoms with E-state index in [2.05, 4.69) is 22.1 Å². The molecule has 0 aliphatic carbocycles. The van der Waals surface area contributed by atoms with Crippen molar-refractivity contribution in [2.45, 2.75) is 26.3 Å². The Hall–Kier alpha value is -2.36. The standard InChI is InChI=1S/C19H23N3O/c1-15-7-6-12-22(14-15)18-17(10-5-11-20-18)19(23)21-13-16-8-3-2-4-9-16/h2-5,8-11,15H,6-7,12-14H2,1H3,(H,21,23)/p+1/t15-/m1/s1. The summed E-state index contributed by atoms with van der Waals surface area (Å²) < 4.78 is 0. The van der Waals surface area contributed by atoms with Gasteiger partial charge in [0.25, 0.3) is 11.7 Å². The first kappa shape index (κ1) is 15.5. The summed E-state index contributed by atoms with van der Waals surface area (Å²) in [5.74, 6) is 1.57. The number of benzene rings is 1. The molecule has 2 aromatic rings. The van der Waals surface area contributed by atoms with Gasteiger partial charge in [-0.2, -0.15) is 0 Å². The Morgan fingerprint density at radius 2 is 2.09 bits per heavy atom. The molecule has 23 heavy (non-hydrogen) atoms. The van der Waals surface area contributed by atoms with Crippen LogP contribution in [0.1, 0.15) is 35.7 Å². The maximum atomic E-state index is 12.6.